The Bertz CT molecular complexity index is 820. The van der Waals surface area contributed by atoms with Crippen LogP contribution in [0.5, 0.6) is 5.88 Å². The molecule has 0 saturated carbocycles. The zero-order valence-corrected chi connectivity index (χ0v) is 16.1. The third kappa shape index (κ3) is 5.30. The molecular formula is C19H24F2N6O2. The summed E-state index contributed by atoms with van der Waals surface area (Å²) in [5.41, 5.74) is 7.28. The number of nitrogens with two attached hydrogens (primary N) is 2. The molecule has 4 N–H and O–H groups in total. The van der Waals surface area contributed by atoms with Crippen LogP contribution in [0.25, 0.3) is 0 Å². The highest BCUT2D eigenvalue weighted by Gasteiger charge is 2.15. The van der Waals surface area contributed by atoms with Crippen molar-refractivity contribution in [1.82, 2.24) is 10.2 Å². The monoisotopic (exact) mass is 406 g/mol. The summed E-state index contributed by atoms with van der Waals surface area (Å²) in [4.78, 5) is 2.08. The van der Waals surface area contributed by atoms with Gasteiger partial charge >= 0.3 is 0 Å². The van der Waals surface area contributed by atoms with Gasteiger partial charge in [-0.1, -0.05) is 12.1 Å². The first-order valence-electron chi connectivity index (χ1n) is 9.13. The normalized spacial score (nSPS) is 15.3. The number of ether oxygens (including phenoxy) is 2. The Labute approximate surface area is 167 Å². The molecule has 29 heavy (non-hydrogen) atoms. The van der Waals surface area contributed by atoms with E-state index >= 15 is 0 Å². The van der Waals surface area contributed by atoms with Gasteiger partial charge in [0, 0.05) is 30.4 Å². The molecule has 8 nitrogen and oxygen atoms in total. The molecule has 1 aromatic carbocycles. The van der Waals surface area contributed by atoms with Crippen LogP contribution in [0.2, 0.25) is 0 Å². The zero-order valence-electron chi connectivity index (χ0n) is 16.1. The molecule has 0 bridgehead atoms. The van der Waals surface area contributed by atoms with Gasteiger partial charge in [-0.2, -0.15) is 0 Å². The molecule has 1 aliphatic rings. The van der Waals surface area contributed by atoms with Gasteiger partial charge in [-0.3, -0.25) is 5.01 Å². The summed E-state index contributed by atoms with van der Waals surface area (Å²) < 4.78 is 36.5. The molecule has 1 aromatic heterocycles. The predicted molar refractivity (Wildman–Crippen MR) is 106 cm³/mol. The van der Waals surface area contributed by atoms with E-state index in [-0.39, 0.29) is 12.2 Å². The number of hydrazine groups is 1. The first kappa shape index (κ1) is 20.7. The maximum Gasteiger partial charge on any atom is 0.263 e. The van der Waals surface area contributed by atoms with Crippen LogP contribution < -0.4 is 26.2 Å². The van der Waals surface area contributed by atoms with Gasteiger partial charge in [0.1, 0.15) is 6.61 Å². The molecule has 156 valence electrons. The summed E-state index contributed by atoms with van der Waals surface area (Å²) in [7, 11) is 0. The number of hydrogen-bond donors (Lipinski definition) is 2. The highest BCUT2D eigenvalue weighted by Crippen LogP contribution is 2.24. The van der Waals surface area contributed by atoms with Gasteiger partial charge in [-0.25, -0.2) is 14.6 Å². The van der Waals surface area contributed by atoms with Gasteiger partial charge in [-0.15, -0.1) is 10.2 Å². The molecule has 1 saturated heterocycles. The number of halogens is 2. The van der Waals surface area contributed by atoms with Crippen molar-refractivity contribution >= 4 is 11.5 Å². The van der Waals surface area contributed by atoms with Crippen LogP contribution in [-0.2, 0) is 4.74 Å². The van der Waals surface area contributed by atoms with Crippen molar-refractivity contribution in [2.45, 2.75) is 13.3 Å². The Morgan fingerprint density at radius 2 is 1.86 bits per heavy atom. The fourth-order valence-electron chi connectivity index (χ4n) is 2.80. The van der Waals surface area contributed by atoms with Crippen LogP contribution in [-0.4, -0.2) is 43.1 Å². The first-order chi connectivity index (χ1) is 14.0. The highest BCUT2D eigenvalue weighted by atomic mass is 19.3. The summed E-state index contributed by atoms with van der Waals surface area (Å²) in [6, 6.07) is 9.19. The van der Waals surface area contributed by atoms with E-state index in [9.17, 15) is 8.78 Å². The number of benzene rings is 1. The second-order valence-electron chi connectivity index (χ2n) is 6.51. The average molecular weight is 406 g/mol. The van der Waals surface area contributed by atoms with Crippen molar-refractivity contribution in [3.8, 4) is 5.88 Å². The number of aromatic nitrogens is 2. The van der Waals surface area contributed by atoms with E-state index in [1.165, 1.54) is 29.3 Å². The van der Waals surface area contributed by atoms with Crippen LogP contribution in [0.3, 0.4) is 0 Å². The van der Waals surface area contributed by atoms with Crippen molar-refractivity contribution in [3.05, 3.63) is 53.4 Å². The minimum Gasteiger partial charge on any atom is -0.470 e. The minimum atomic E-state index is -2.54. The molecule has 0 radical (unpaired) electrons. The maximum atomic E-state index is 12.7. The number of rotatable bonds is 7. The third-order valence-electron chi connectivity index (χ3n) is 4.49. The number of alkyl halides is 2. The van der Waals surface area contributed by atoms with Gasteiger partial charge < -0.3 is 20.1 Å². The van der Waals surface area contributed by atoms with E-state index < -0.39 is 6.43 Å². The lowest BCUT2D eigenvalue weighted by Gasteiger charge is -2.27. The molecule has 0 aliphatic carbocycles. The van der Waals surface area contributed by atoms with Gasteiger partial charge in [-0.05, 0) is 25.1 Å². The van der Waals surface area contributed by atoms with E-state index in [2.05, 4.69) is 15.1 Å². The Morgan fingerprint density at radius 3 is 2.41 bits per heavy atom. The average Bonchev–Trinajstić information content (AvgIpc) is 2.74. The van der Waals surface area contributed by atoms with E-state index in [0.717, 1.165) is 18.9 Å². The smallest absolute Gasteiger partial charge is 0.263 e. The summed E-state index contributed by atoms with van der Waals surface area (Å²) in [6.45, 7) is 4.57. The van der Waals surface area contributed by atoms with Gasteiger partial charge in [0.05, 0.1) is 24.6 Å². The lowest BCUT2D eigenvalue weighted by Crippen LogP contribution is -2.37. The molecule has 0 unspecified atom stereocenters. The van der Waals surface area contributed by atoms with Crippen LogP contribution in [0.1, 0.15) is 18.9 Å². The Balaban J connectivity index is 1.64. The molecule has 0 spiro atoms. The largest absolute Gasteiger partial charge is 0.470 e. The Morgan fingerprint density at radius 1 is 1.17 bits per heavy atom. The van der Waals surface area contributed by atoms with Gasteiger partial charge in [0.2, 0.25) is 5.88 Å². The SMILES string of the molecule is C/C(N)=C(\COc1ccc(N2CCOCC2)nn1)N(N)c1ccc(C(F)F)cc1. The van der Waals surface area contributed by atoms with Crippen LogP contribution in [0, 0.1) is 0 Å². The number of nitrogens with zero attached hydrogens (tertiary/aromatic N) is 4. The fraction of sp³-hybridized carbons (Fsp3) is 0.368. The molecule has 2 aromatic rings. The third-order valence-corrected chi connectivity index (χ3v) is 4.49. The lowest BCUT2D eigenvalue weighted by atomic mass is 10.2. The quantitative estimate of drug-likeness (QED) is 0.533. The summed E-state index contributed by atoms with van der Waals surface area (Å²) in [6.07, 6.45) is -2.54. The second-order valence-corrected chi connectivity index (χ2v) is 6.51. The summed E-state index contributed by atoms with van der Waals surface area (Å²) in [5.74, 6) is 7.20. The second kappa shape index (κ2) is 9.48. The van der Waals surface area contributed by atoms with Crippen molar-refractivity contribution in [3.63, 3.8) is 0 Å². The van der Waals surface area contributed by atoms with Crippen LogP contribution in [0.15, 0.2) is 47.8 Å². The van der Waals surface area contributed by atoms with Crippen molar-refractivity contribution < 1.29 is 18.3 Å². The molecular weight excluding hydrogens is 382 g/mol. The molecule has 0 atom stereocenters. The standard InChI is InChI=1S/C19H24F2N6O2/c1-13(22)16(27(23)15-4-2-14(3-5-15)19(20)21)12-29-18-7-6-17(24-25-18)26-8-10-28-11-9-26/h2-7,19H,8-12,22-23H2,1H3/b16-13-. The fourth-order valence-corrected chi connectivity index (χ4v) is 2.80. The van der Waals surface area contributed by atoms with E-state index in [4.69, 9.17) is 21.1 Å². The molecule has 10 heteroatoms. The van der Waals surface area contributed by atoms with Crippen LogP contribution in [0.4, 0.5) is 20.3 Å². The lowest BCUT2D eigenvalue weighted by molar-refractivity contribution is 0.122. The Hall–Kier alpha value is -2.98. The number of morpholine rings is 1. The zero-order chi connectivity index (χ0) is 20.8. The van der Waals surface area contributed by atoms with Crippen LogP contribution >= 0.6 is 0 Å². The van der Waals surface area contributed by atoms with Crippen molar-refractivity contribution in [1.29, 1.82) is 0 Å². The number of anilines is 2. The maximum absolute atomic E-state index is 12.7. The van der Waals surface area contributed by atoms with Gasteiger partial charge in [0.25, 0.3) is 6.43 Å². The summed E-state index contributed by atoms with van der Waals surface area (Å²) >= 11 is 0. The molecule has 1 aliphatic heterocycles. The topological polar surface area (TPSA) is 103 Å². The number of hydrogen-bond acceptors (Lipinski definition) is 8. The summed E-state index contributed by atoms with van der Waals surface area (Å²) in [5, 5.41) is 9.58. The number of allylic oxidation sites excluding steroid dienone is 1. The van der Waals surface area contributed by atoms with E-state index in [0.29, 0.717) is 36.2 Å². The molecule has 3 rings (SSSR count). The molecule has 1 fully saturated rings. The van der Waals surface area contributed by atoms with E-state index in [1.54, 1.807) is 13.0 Å². The first-order valence-corrected chi connectivity index (χ1v) is 9.13. The molecule has 0 amide bonds. The van der Waals surface area contributed by atoms with Crippen molar-refractivity contribution in [2.24, 2.45) is 11.6 Å². The molecule has 2 heterocycles. The van der Waals surface area contributed by atoms with Crippen molar-refractivity contribution in [2.75, 3.05) is 42.8 Å². The predicted octanol–water partition coefficient (Wildman–Crippen LogP) is 2.20. The van der Waals surface area contributed by atoms with E-state index in [1.807, 2.05) is 6.07 Å². The van der Waals surface area contributed by atoms with Gasteiger partial charge in [0.15, 0.2) is 5.82 Å². The highest BCUT2D eigenvalue weighted by molar-refractivity contribution is 5.52. The Kier molecular flexibility index (Phi) is 6.78. The minimum absolute atomic E-state index is 0.0427.